The molecule has 0 aliphatic carbocycles. The molecule has 4 rings (SSSR count). The zero-order valence-electron chi connectivity index (χ0n) is 19.6. The van der Waals surface area contributed by atoms with Gasteiger partial charge in [0.25, 0.3) is 5.69 Å². The van der Waals surface area contributed by atoms with E-state index in [4.69, 9.17) is 0 Å². The van der Waals surface area contributed by atoms with Crippen LogP contribution >= 0.6 is 11.8 Å². The number of benzene rings is 2. The summed E-state index contributed by atoms with van der Waals surface area (Å²) in [4.78, 5) is 25.6. The van der Waals surface area contributed by atoms with Crippen LogP contribution in [0.5, 0.6) is 0 Å². The molecule has 2 heterocycles. The minimum atomic E-state index is -0.500. The number of carbonyl (C=O) groups excluding carboxylic acids is 1. The minimum Gasteiger partial charge on any atom is -0.325 e. The van der Waals surface area contributed by atoms with E-state index in [0.717, 1.165) is 37.3 Å². The average molecular weight is 499 g/mol. The molecule has 1 aliphatic heterocycles. The molecular formula is C24H27FN6O3S. The zero-order valence-corrected chi connectivity index (χ0v) is 20.4. The molecular weight excluding hydrogens is 471 g/mol. The summed E-state index contributed by atoms with van der Waals surface area (Å²) in [5, 5.41) is 23.1. The smallest absolute Gasteiger partial charge is 0.271 e. The predicted octanol–water partition coefficient (Wildman–Crippen LogP) is 4.90. The third kappa shape index (κ3) is 5.85. The molecule has 0 bridgehead atoms. The molecule has 1 unspecified atom stereocenters. The van der Waals surface area contributed by atoms with Gasteiger partial charge in [-0.1, -0.05) is 24.2 Å². The molecule has 11 heteroatoms. The fourth-order valence-electron chi connectivity index (χ4n) is 4.12. The highest BCUT2D eigenvalue weighted by Crippen LogP contribution is 2.30. The van der Waals surface area contributed by atoms with Crippen LogP contribution < -0.4 is 5.32 Å². The molecule has 9 nitrogen and oxygen atoms in total. The van der Waals surface area contributed by atoms with Crippen LogP contribution in [-0.4, -0.2) is 49.3 Å². The van der Waals surface area contributed by atoms with E-state index < -0.39 is 4.92 Å². The highest BCUT2D eigenvalue weighted by Gasteiger charge is 2.26. The van der Waals surface area contributed by atoms with Crippen molar-refractivity contribution >= 4 is 29.0 Å². The first-order valence-corrected chi connectivity index (χ1v) is 12.4. The number of hydrogen-bond donors (Lipinski definition) is 1. The molecule has 35 heavy (non-hydrogen) atoms. The number of nitro groups is 1. The van der Waals surface area contributed by atoms with Crippen molar-refractivity contribution in [3.8, 4) is 5.69 Å². The number of thioether (sulfide) groups is 1. The summed E-state index contributed by atoms with van der Waals surface area (Å²) < 4.78 is 15.5. The molecule has 1 amide bonds. The van der Waals surface area contributed by atoms with Gasteiger partial charge in [0.15, 0.2) is 11.0 Å². The normalized spacial score (nSPS) is 15.1. The summed E-state index contributed by atoms with van der Waals surface area (Å²) in [5.41, 5.74) is 1.74. The van der Waals surface area contributed by atoms with Crippen LogP contribution in [0, 0.1) is 22.9 Å². The lowest BCUT2D eigenvalue weighted by molar-refractivity contribution is -0.384. The number of nitrogens with zero attached hydrogens (tertiary/aromatic N) is 5. The van der Waals surface area contributed by atoms with Crippen molar-refractivity contribution in [2.24, 2.45) is 0 Å². The zero-order chi connectivity index (χ0) is 24.9. The van der Waals surface area contributed by atoms with E-state index in [0.29, 0.717) is 16.5 Å². The first kappa shape index (κ1) is 24.8. The van der Waals surface area contributed by atoms with Gasteiger partial charge in [-0.15, -0.1) is 10.2 Å². The van der Waals surface area contributed by atoms with E-state index in [1.807, 2.05) is 4.57 Å². The van der Waals surface area contributed by atoms with Gasteiger partial charge < -0.3 is 5.32 Å². The Bertz CT molecular complexity index is 1210. The second kappa shape index (κ2) is 11.0. The van der Waals surface area contributed by atoms with Crippen LogP contribution in [0.3, 0.4) is 0 Å². The maximum atomic E-state index is 13.6. The summed E-state index contributed by atoms with van der Waals surface area (Å²) in [7, 11) is 0. The van der Waals surface area contributed by atoms with E-state index in [2.05, 4.69) is 27.3 Å². The van der Waals surface area contributed by atoms with Crippen LogP contribution in [0.15, 0.2) is 47.6 Å². The maximum Gasteiger partial charge on any atom is 0.271 e. The molecule has 1 saturated heterocycles. The van der Waals surface area contributed by atoms with Crippen LogP contribution in [0.1, 0.15) is 43.6 Å². The molecule has 0 saturated carbocycles. The van der Waals surface area contributed by atoms with Gasteiger partial charge >= 0.3 is 0 Å². The number of halogens is 1. The van der Waals surface area contributed by atoms with Crippen molar-refractivity contribution in [3.05, 3.63) is 69.8 Å². The second-order valence-corrected chi connectivity index (χ2v) is 9.46. The lowest BCUT2D eigenvalue weighted by atomic mass is 10.1. The number of nitrogens with one attached hydrogen (secondary N) is 1. The van der Waals surface area contributed by atoms with E-state index >= 15 is 0 Å². The maximum absolute atomic E-state index is 13.6. The molecule has 1 aliphatic rings. The van der Waals surface area contributed by atoms with E-state index in [1.165, 1.54) is 42.4 Å². The topological polar surface area (TPSA) is 106 Å². The number of non-ortho nitro benzene ring substituents is 1. The number of nitro benzene ring substituents is 1. The molecule has 3 aromatic rings. The van der Waals surface area contributed by atoms with Gasteiger partial charge in [0.05, 0.1) is 22.4 Å². The summed E-state index contributed by atoms with van der Waals surface area (Å²) in [6, 6.07) is 10.5. The van der Waals surface area contributed by atoms with Gasteiger partial charge in [0, 0.05) is 17.8 Å². The van der Waals surface area contributed by atoms with Crippen LogP contribution in [0.25, 0.3) is 5.69 Å². The minimum absolute atomic E-state index is 0.00328. The third-order valence-electron chi connectivity index (χ3n) is 6.09. The number of aryl methyl sites for hydroxylation is 1. The monoisotopic (exact) mass is 498 g/mol. The Morgan fingerprint density at radius 1 is 1.17 bits per heavy atom. The summed E-state index contributed by atoms with van der Waals surface area (Å²) in [6.45, 7) is 5.81. The van der Waals surface area contributed by atoms with Gasteiger partial charge in [0.1, 0.15) is 5.82 Å². The first-order valence-electron chi connectivity index (χ1n) is 11.5. The predicted molar refractivity (Wildman–Crippen MR) is 132 cm³/mol. The van der Waals surface area contributed by atoms with Crippen LogP contribution in [-0.2, 0) is 4.79 Å². The number of piperidine rings is 1. The van der Waals surface area contributed by atoms with Gasteiger partial charge in [-0.3, -0.25) is 24.4 Å². The average Bonchev–Trinajstić information content (AvgIpc) is 3.28. The van der Waals surface area contributed by atoms with Crippen LogP contribution in [0.4, 0.5) is 15.8 Å². The van der Waals surface area contributed by atoms with Crippen molar-refractivity contribution in [2.45, 2.75) is 44.3 Å². The number of likely N-dealkylation sites (tertiary alicyclic amines) is 1. The van der Waals surface area contributed by atoms with Crippen molar-refractivity contribution in [3.63, 3.8) is 0 Å². The van der Waals surface area contributed by atoms with Crippen LogP contribution in [0.2, 0.25) is 0 Å². The number of hydrogen-bond acceptors (Lipinski definition) is 7. The van der Waals surface area contributed by atoms with E-state index in [9.17, 15) is 19.3 Å². The highest BCUT2D eigenvalue weighted by atomic mass is 32.2. The summed E-state index contributed by atoms with van der Waals surface area (Å²) >= 11 is 1.21. The molecule has 1 N–H and O–H groups in total. The number of amides is 1. The summed E-state index contributed by atoms with van der Waals surface area (Å²) in [5.74, 6) is 0.0988. The first-order chi connectivity index (χ1) is 16.8. The Labute approximate surface area is 206 Å². The Morgan fingerprint density at radius 2 is 1.89 bits per heavy atom. The molecule has 1 fully saturated rings. The Kier molecular flexibility index (Phi) is 7.76. The van der Waals surface area contributed by atoms with Crippen molar-refractivity contribution in [1.29, 1.82) is 0 Å². The van der Waals surface area contributed by atoms with Gasteiger partial charge in [-0.05, 0) is 69.6 Å². The fraction of sp³-hybridized carbons (Fsp3) is 0.375. The van der Waals surface area contributed by atoms with Crippen molar-refractivity contribution < 1.29 is 14.1 Å². The third-order valence-corrected chi connectivity index (χ3v) is 7.02. The SMILES string of the molecule is Cc1ccc([N+](=O)[O-])cc1NC(=O)CSc1nnc(C(C)N2CCCCC2)n1-c1ccc(F)cc1. The molecule has 0 radical (unpaired) electrons. The molecule has 2 aromatic carbocycles. The van der Waals surface area contributed by atoms with Crippen molar-refractivity contribution in [2.75, 3.05) is 24.2 Å². The summed E-state index contributed by atoms with van der Waals surface area (Å²) in [6.07, 6.45) is 3.48. The molecule has 1 atom stereocenters. The fourth-order valence-corrected chi connectivity index (χ4v) is 4.88. The largest absolute Gasteiger partial charge is 0.325 e. The highest BCUT2D eigenvalue weighted by molar-refractivity contribution is 7.99. The van der Waals surface area contributed by atoms with E-state index in [-0.39, 0.29) is 29.2 Å². The van der Waals surface area contributed by atoms with Crippen molar-refractivity contribution in [1.82, 2.24) is 19.7 Å². The van der Waals surface area contributed by atoms with Gasteiger partial charge in [-0.2, -0.15) is 0 Å². The number of aromatic nitrogens is 3. The number of anilines is 1. The Hall–Kier alpha value is -3.31. The van der Waals surface area contributed by atoms with Gasteiger partial charge in [0.2, 0.25) is 5.91 Å². The Morgan fingerprint density at radius 3 is 2.57 bits per heavy atom. The molecule has 1 aromatic heterocycles. The number of carbonyl (C=O) groups is 1. The van der Waals surface area contributed by atoms with E-state index in [1.54, 1.807) is 25.1 Å². The lowest BCUT2D eigenvalue weighted by Crippen LogP contribution is -2.33. The number of rotatable bonds is 8. The quantitative estimate of drug-likeness (QED) is 0.267. The standard InChI is InChI=1S/C24H27FN6O3S/c1-16-6-9-20(31(33)34)14-21(16)26-22(32)15-35-24-28-27-23(17(2)29-12-4-3-5-13-29)30(24)19-10-7-18(25)8-11-19/h6-11,14,17H,3-5,12-13,15H2,1-2H3,(H,26,32). The Balaban J connectivity index is 1.55. The van der Waals surface area contributed by atoms with Gasteiger partial charge in [-0.25, -0.2) is 4.39 Å². The lowest BCUT2D eigenvalue weighted by Gasteiger charge is -2.31. The molecule has 0 spiro atoms. The molecule has 184 valence electrons. The second-order valence-electron chi connectivity index (χ2n) is 8.52.